The Morgan fingerprint density at radius 3 is 1.49 bits per heavy atom. The molecule has 0 saturated carbocycles. The van der Waals surface area contributed by atoms with Crippen LogP contribution in [-0.4, -0.2) is 10.5 Å². The lowest BCUT2D eigenvalue weighted by Gasteiger charge is -2.08. The minimum Gasteiger partial charge on any atom is -0.274 e. The molecule has 0 aliphatic heterocycles. The smallest absolute Gasteiger partial charge is 0.257 e. The van der Waals surface area contributed by atoms with Crippen LogP contribution in [0.2, 0.25) is 0 Å². The molecule has 0 bridgehead atoms. The molecular weight excluding hydrogens is 430 g/mol. The molecule has 0 unspecified atom stereocenters. The van der Waals surface area contributed by atoms with Crippen LogP contribution in [-0.2, 0) is 0 Å². The lowest BCUT2D eigenvalue weighted by molar-refractivity contribution is 0.0900. The van der Waals surface area contributed by atoms with Gasteiger partial charge in [-0.3, -0.25) is 9.59 Å². The van der Waals surface area contributed by atoms with Crippen LogP contribution in [0.25, 0.3) is 10.9 Å². The van der Waals surface area contributed by atoms with Crippen LogP contribution in [0.1, 0.15) is 147 Å². The number of fused-ring (bicyclic) bond motifs is 1. The SMILES string of the molecule is CCCCCCCCCCCCCCCCCCCCCCC(=O)n1c(=O)ccc2ccccc21. The fraction of sp³-hybridized carbons (Fsp3) is 0.688. The van der Waals surface area contributed by atoms with E-state index in [-0.39, 0.29) is 11.5 Å². The molecule has 0 aliphatic carbocycles. The number of para-hydroxylation sites is 1. The van der Waals surface area contributed by atoms with Crippen molar-refractivity contribution in [1.29, 1.82) is 0 Å². The van der Waals surface area contributed by atoms with Crippen molar-refractivity contribution < 1.29 is 4.79 Å². The summed E-state index contributed by atoms with van der Waals surface area (Å²) in [4.78, 5) is 24.9. The van der Waals surface area contributed by atoms with Gasteiger partial charge in [0.25, 0.3) is 5.56 Å². The number of unbranched alkanes of at least 4 members (excludes halogenated alkanes) is 19. The topological polar surface area (TPSA) is 39.1 Å². The largest absolute Gasteiger partial charge is 0.274 e. The summed E-state index contributed by atoms with van der Waals surface area (Å²) < 4.78 is 1.35. The van der Waals surface area contributed by atoms with E-state index >= 15 is 0 Å². The summed E-state index contributed by atoms with van der Waals surface area (Å²) in [7, 11) is 0. The molecule has 1 heterocycles. The van der Waals surface area contributed by atoms with Crippen molar-refractivity contribution >= 4 is 16.8 Å². The highest BCUT2D eigenvalue weighted by molar-refractivity contribution is 5.91. The molecule has 0 fully saturated rings. The van der Waals surface area contributed by atoms with E-state index in [4.69, 9.17) is 0 Å². The van der Waals surface area contributed by atoms with Crippen molar-refractivity contribution in [2.75, 3.05) is 0 Å². The zero-order valence-corrected chi connectivity index (χ0v) is 22.6. The number of benzene rings is 1. The van der Waals surface area contributed by atoms with Crippen LogP contribution in [0.15, 0.2) is 41.2 Å². The second kappa shape index (κ2) is 19.3. The van der Waals surface area contributed by atoms with Gasteiger partial charge in [-0.2, -0.15) is 0 Å². The number of carbonyl (C=O) groups excluding carboxylic acids is 1. The van der Waals surface area contributed by atoms with E-state index in [1.807, 2.05) is 24.3 Å². The summed E-state index contributed by atoms with van der Waals surface area (Å²) in [5.41, 5.74) is 0.500. The van der Waals surface area contributed by atoms with E-state index in [0.29, 0.717) is 6.42 Å². The van der Waals surface area contributed by atoms with Crippen LogP contribution >= 0.6 is 0 Å². The van der Waals surface area contributed by atoms with E-state index in [1.165, 1.54) is 126 Å². The first-order valence-electron chi connectivity index (χ1n) is 14.9. The Kier molecular flexibility index (Phi) is 16.2. The predicted octanol–water partition coefficient (Wildman–Crippen LogP) is 9.85. The van der Waals surface area contributed by atoms with Crippen LogP contribution in [0, 0.1) is 0 Å². The van der Waals surface area contributed by atoms with Gasteiger partial charge in [0.1, 0.15) is 0 Å². The fourth-order valence-corrected chi connectivity index (χ4v) is 5.09. The van der Waals surface area contributed by atoms with Crippen LogP contribution < -0.4 is 5.56 Å². The highest BCUT2D eigenvalue weighted by atomic mass is 16.2. The molecule has 2 aromatic rings. The number of rotatable bonds is 21. The van der Waals surface area contributed by atoms with Gasteiger partial charge >= 0.3 is 0 Å². The molecule has 2 rings (SSSR count). The third-order valence-electron chi connectivity index (χ3n) is 7.30. The molecule has 0 radical (unpaired) electrons. The normalized spacial score (nSPS) is 11.3. The molecule has 196 valence electrons. The van der Waals surface area contributed by atoms with Gasteiger partial charge in [-0.15, -0.1) is 0 Å². The molecule has 1 aromatic carbocycles. The standard InChI is InChI=1S/C32H51NO2/c1-2-3-4-5-6-7-8-9-10-11-12-13-14-15-16-17-18-19-20-21-26-31(34)33-30-25-23-22-24-29(30)27-28-32(33)35/h22-25,27-28H,2-21,26H2,1H3. The van der Waals surface area contributed by atoms with Crippen molar-refractivity contribution in [3.63, 3.8) is 0 Å². The quantitative estimate of drug-likeness (QED) is 0.166. The van der Waals surface area contributed by atoms with Crippen LogP contribution in [0.3, 0.4) is 0 Å². The number of nitrogens with zero attached hydrogens (tertiary/aromatic N) is 1. The summed E-state index contributed by atoms with van der Waals surface area (Å²) in [5.74, 6) is -0.0748. The van der Waals surface area contributed by atoms with E-state index in [9.17, 15) is 9.59 Å². The lowest BCUT2D eigenvalue weighted by Crippen LogP contribution is -2.26. The summed E-state index contributed by atoms with van der Waals surface area (Å²) in [5, 5.41) is 0.934. The third-order valence-corrected chi connectivity index (χ3v) is 7.30. The average Bonchev–Trinajstić information content (AvgIpc) is 2.87. The maximum Gasteiger partial charge on any atom is 0.257 e. The Bertz CT molecular complexity index is 869. The molecule has 0 saturated heterocycles. The van der Waals surface area contributed by atoms with Crippen molar-refractivity contribution in [2.45, 2.75) is 142 Å². The lowest BCUT2D eigenvalue weighted by atomic mass is 10.0. The van der Waals surface area contributed by atoms with Gasteiger partial charge in [-0.25, -0.2) is 4.57 Å². The van der Waals surface area contributed by atoms with E-state index in [2.05, 4.69) is 6.92 Å². The van der Waals surface area contributed by atoms with Gasteiger partial charge < -0.3 is 0 Å². The monoisotopic (exact) mass is 481 g/mol. The Balaban J connectivity index is 1.37. The van der Waals surface area contributed by atoms with Gasteiger partial charge in [-0.05, 0) is 23.9 Å². The van der Waals surface area contributed by atoms with Gasteiger partial charge in [0.15, 0.2) is 0 Å². The van der Waals surface area contributed by atoms with Crippen molar-refractivity contribution in [3.05, 3.63) is 46.8 Å². The summed E-state index contributed by atoms with van der Waals surface area (Å²) in [6.45, 7) is 2.29. The van der Waals surface area contributed by atoms with Gasteiger partial charge in [0.05, 0.1) is 5.52 Å². The van der Waals surface area contributed by atoms with Gasteiger partial charge in [0, 0.05) is 12.5 Å². The van der Waals surface area contributed by atoms with Gasteiger partial charge in [0.2, 0.25) is 5.91 Å². The highest BCUT2D eigenvalue weighted by Gasteiger charge is 2.10. The zero-order chi connectivity index (χ0) is 25.0. The minimum absolute atomic E-state index is 0.0748. The first-order valence-corrected chi connectivity index (χ1v) is 14.9. The number of aromatic nitrogens is 1. The van der Waals surface area contributed by atoms with E-state index in [1.54, 1.807) is 6.07 Å². The molecule has 35 heavy (non-hydrogen) atoms. The molecular formula is C32H51NO2. The molecule has 0 atom stereocenters. The fourth-order valence-electron chi connectivity index (χ4n) is 5.09. The Hall–Kier alpha value is -1.90. The van der Waals surface area contributed by atoms with Crippen molar-refractivity contribution in [2.24, 2.45) is 0 Å². The summed E-state index contributed by atoms with van der Waals surface area (Å²) in [6.07, 6.45) is 27.4. The Morgan fingerprint density at radius 1 is 0.571 bits per heavy atom. The van der Waals surface area contributed by atoms with E-state index < -0.39 is 0 Å². The van der Waals surface area contributed by atoms with E-state index in [0.717, 1.165) is 23.7 Å². The maximum atomic E-state index is 12.6. The second-order valence-corrected chi connectivity index (χ2v) is 10.4. The highest BCUT2D eigenvalue weighted by Crippen LogP contribution is 2.16. The van der Waals surface area contributed by atoms with Gasteiger partial charge in [-0.1, -0.05) is 147 Å². The van der Waals surface area contributed by atoms with Crippen molar-refractivity contribution in [3.8, 4) is 0 Å². The summed E-state index contributed by atoms with van der Waals surface area (Å²) >= 11 is 0. The van der Waals surface area contributed by atoms with Crippen molar-refractivity contribution in [1.82, 2.24) is 4.57 Å². The Morgan fingerprint density at radius 2 is 1.00 bits per heavy atom. The maximum absolute atomic E-state index is 12.6. The second-order valence-electron chi connectivity index (χ2n) is 10.4. The molecule has 0 spiro atoms. The Labute approximate surface area is 214 Å². The third kappa shape index (κ3) is 12.6. The zero-order valence-electron chi connectivity index (χ0n) is 22.6. The molecule has 3 nitrogen and oxygen atoms in total. The number of carbonyl (C=O) groups is 1. The number of hydrogen-bond donors (Lipinski definition) is 0. The molecule has 0 amide bonds. The molecule has 0 N–H and O–H groups in total. The number of pyridine rings is 1. The molecule has 3 heteroatoms. The summed E-state index contributed by atoms with van der Waals surface area (Å²) in [6, 6.07) is 10.9. The first-order chi connectivity index (χ1) is 17.2. The number of hydrogen-bond acceptors (Lipinski definition) is 2. The first kappa shape index (κ1) is 29.3. The van der Waals surface area contributed by atoms with Crippen LogP contribution in [0.5, 0.6) is 0 Å². The molecule has 0 aliphatic rings. The minimum atomic E-state index is -0.220. The average molecular weight is 482 g/mol. The van der Waals surface area contributed by atoms with Crippen LogP contribution in [0.4, 0.5) is 0 Å². The predicted molar refractivity (Wildman–Crippen MR) is 151 cm³/mol. The molecule has 1 aromatic heterocycles.